The normalized spacial score (nSPS) is 10.8. The predicted octanol–water partition coefficient (Wildman–Crippen LogP) is 4.80. The zero-order chi connectivity index (χ0) is 19.3. The number of benzene rings is 3. The van der Waals surface area contributed by atoms with Gasteiger partial charge in [-0.05, 0) is 48.5 Å². The first-order chi connectivity index (χ1) is 13.8. The molecule has 4 aromatic rings. The Hall–Kier alpha value is -3.47. The van der Waals surface area contributed by atoms with Gasteiger partial charge in [-0.2, -0.15) is 0 Å². The lowest BCUT2D eigenvalue weighted by Crippen LogP contribution is -2.10. The Morgan fingerprint density at radius 2 is 1.50 bits per heavy atom. The van der Waals surface area contributed by atoms with Gasteiger partial charge in [0.2, 0.25) is 0 Å². The monoisotopic (exact) mass is 374 g/mol. The van der Waals surface area contributed by atoms with Gasteiger partial charge in [0.25, 0.3) is 0 Å². The van der Waals surface area contributed by atoms with Crippen molar-refractivity contribution in [1.29, 1.82) is 0 Å². The van der Waals surface area contributed by atoms with E-state index in [0.717, 1.165) is 39.7 Å². The van der Waals surface area contributed by atoms with E-state index >= 15 is 0 Å². The van der Waals surface area contributed by atoms with E-state index in [1.165, 1.54) is 0 Å². The average Bonchev–Trinajstić information content (AvgIpc) is 3.13. The Bertz CT molecular complexity index is 1070. The number of imidazole rings is 1. The van der Waals surface area contributed by atoms with Crippen LogP contribution in [0.1, 0.15) is 0 Å². The van der Waals surface area contributed by atoms with Gasteiger partial charge in [-0.1, -0.05) is 24.3 Å². The van der Waals surface area contributed by atoms with Crippen LogP contribution in [0.4, 0.5) is 0 Å². The maximum Gasteiger partial charge on any atom is 0.161 e. The lowest BCUT2D eigenvalue weighted by Gasteiger charge is -2.13. The first-order valence-electron chi connectivity index (χ1n) is 9.15. The van der Waals surface area contributed by atoms with Gasteiger partial charge in [-0.25, -0.2) is 4.98 Å². The molecule has 0 bridgehead atoms. The standard InChI is InChI=1S/C23H22N2O3/c1-26-18-13-11-17(12-14-18)23-24-19-7-3-4-8-20(19)25(23)15-16-28-22-10-6-5-9-21(22)27-2/h3-14H,15-16H2,1-2H3. The van der Waals surface area contributed by atoms with Gasteiger partial charge in [-0.15, -0.1) is 0 Å². The zero-order valence-electron chi connectivity index (χ0n) is 16.0. The van der Waals surface area contributed by atoms with Gasteiger partial charge in [0, 0.05) is 5.56 Å². The summed E-state index contributed by atoms with van der Waals surface area (Å²) in [4.78, 5) is 4.84. The molecular formula is C23H22N2O3. The van der Waals surface area contributed by atoms with Gasteiger partial charge < -0.3 is 18.8 Å². The molecule has 5 nitrogen and oxygen atoms in total. The summed E-state index contributed by atoms with van der Waals surface area (Å²) in [5, 5.41) is 0. The Kier molecular flexibility index (Phi) is 5.15. The fraction of sp³-hybridized carbons (Fsp3) is 0.174. The second kappa shape index (κ2) is 8.05. The van der Waals surface area contributed by atoms with E-state index in [9.17, 15) is 0 Å². The van der Waals surface area contributed by atoms with Crippen molar-refractivity contribution in [2.24, 2.45) is 0 Å². The highest BCUT2D eigenvalue weighted by Crippen LogP contribution is 2.28. The molecule has 0 fully saturated rings. The summed E-state index contributed by atoms with van der Waals surface area (Å²) in [7, 11) is 3.31. The minimum Gasteiger partial charge on any atom is -0.497 e. The Morgan fingerprint density at radius 1 is 0.786 bits per heavy atom. The van der Waals surface area contributed by atoms with Crippen LogP contribution >= 0.6 is 0 Å². The number of aromatic nitrogens is 2. The highest BCUT2D eigenvalue weighted by molar-refractivity contribution is 5.80. The molecule has 5 heteroatoms. The summed E-state index contributed by atoms with van der Waals surface area (Å²) in [5.74, 6) is 3.20. The number of rotatable bonds is 7. The SMILES string of the molecule is COc1ccc(-c2nc3ccccc3n2CCOc2ccccc2OC)cc1. The van der Waals surface area contributed by atoms with E-state index in [2.05, 4.69) is 10.6 Å². The number of ether oxygens (including phenoxy) is 3. The lowest BCUT2D eigenvalue weighted by molar-refractivity contribution is 0.281. The van der Waals surface area contributed by atoms with Crippen LogP contribution in [-0.4, -0.2) is 30.4 Å². The van der Waals surface area contributed by atoms with Gasteiger partial charge in [0.05, 0.1) is 31.8 Å². The van der Waals surface area contributed by atoms with Crippen LogP contribution in [0.3, 0.4) is 0 Å². The maximum absolute atomic E-state index is 5.98. The summed E-state index contributed by atoms with van der Waals surface area (Å²) in [6.07, 6.45) is 0. The molecule has 3 aromatic carbocycles. The van der Waals surface area contributed by atoms with Crippen LogP contribution in [0.5, 0.6) is 17.2 Å². The molecule has 4 rings (SSSR count). The van der Waals surface area contributed by atoms with Gasteiger partial charge in [0.1, 0.15) is 18.2 Å². The largest absolute Gasteiger partial charge is 0.497 e. The number of hydrogen-bond donors (Lipinski definition) is 0. The molecule has 1 aromatic heterocycles. The van der Waals surface area contributed by atoms with E-state index in [4.69, 9.17) is 19.2 Å². The molecule has 0 spiro atoms. The highest BCUT2D eigenvalue weighted by Gasteiger charge is 2.13. The van der Waals surface area contributed by atoms with E-state index in [1.54, 1.807) is 14.2 Å². The molecule has 0 aliphatic rings. The smallest absolute Gasteiger partial charge is 0.161 e. The fourth-order valence-corrected chi connectivity index (χ4v) is 3.25. The maximum atomic E-state index is 5.98. The first-order valence-corrected chi connectivity index (χ1v) is 9.15. The van der Waals surface area contributed by atoms with Gasteiger partial charge >= 0.3 is 0 Å². The number of nitrogens with zero attached hydrogens (tertiary/aromatic N) is 2. The van der Waals surface area contributed by atoms with Gasteiger partial charge in [-0.3, -0.25) is 0 Å². The molecule has 0 radical (unpaired) electrons. The topological polar surface area (TPSA) is 45.5 Å². The molecule has 0 saturated heterocycles. The average molecular weight is 374 g/mol. The second-order valence-corrected chi connectivity index (χ2v) is 6.30. The molecule has 28 heavy (non-hydrogen) atoms. The summed E-state index contributed by atoms with van der Waals surface area (Å²) >= 11 is 0. The van der Waals surface area contributed by atoms with Crippen LogP contribution in [0.2, 0.25) is 0 Å². The molecule has 0 aliphatic heterocycles. The van der Waals surface area contributed by atoms with Crippen LogP contribution < -0.4 is 14.2 Å². The van der Waals surface area contributed by atoms with Crippen molar-refractivity contribution in [2.45, 2.75) is 6.54 Å². The quantitative estimate of drug-likeness (QED) is 0.466. The molecule has 0 N–H and O–H groups in total. The molecule has 0 saturated carbocycles. The van der Waals surface area contributed by atoms with E-state index in [0.29, 0.717) is 13.2 Å². The van der Waals surface area contributed by atoms with Crippen molar-refractivity contribution in [3.8, 4) is 28.6 Å². The minimum atomic E-state index is 0.504. The molecule has 142 valence electrons. The summed E-state index contributed by atoms with van der Waals surface area (Å²) < 4.78 is 18.8. The minimum absolute atomic E-state index is 0.504. The number of hydrogen-bond acceptors (Lipinski definition) is 4. The molecule has 0 amide bonds. The number of para-hydroxylation sites is 4. The van der Waals surface area contributed by atoms with Gasteiger partial charge in [0.15, 0.2) is 11.5 Å². The van der Waals surface area contributed by atoms with E-state index in [1.807, 2.05) is 66.7 Å². The molecule has 0 aliphatic carbocycles. The van der Waals surface area contributed by atoms with Crippen molar-refractivity contribution in [3.05, 3.63) is 72.8 Å². The molecule has 1 heterocycles. The summed E-state index contributed by atoms with van der Waals surface area (Å²) in [5.41, 5.74) is 3.08. The van der Waals surface area contributed by atoms with Crippen LogP contribution in [0.15, 0.2) is 72.8 Å². The van der Waals surface area contributed by atoms with Crippen molar-refractivity contribution in [3.63, 3.8) is 0 Å². The van der Waals surface area contributed by atoms with Crippen molar-refractivity contribution in [2.75, 3.05) is 20.8 Å². The summed E-state index contributed by atoms with van der Waals surface area (Å²) in [6.45, 7) is 1.17. The molecule has 0 unspecified atom stereocenters. The molecule has 0 atom stereocenters. The first kappa shape index (κ1) is 17.9. The predicted molar refractivity (Wildman–Crippen MR) is 110 cm³/mol. The Morgan fingerprint density at radius 3 is 2.25 bits per heavy atom. The third-order valence-electron chi connectivity index (χ3n) is 4.64. The van der Waals surface area contributed by atoms with Crippen LogP contribution in [-0.2, 0) is 6.54 Å². The second-order valence-electron chi connectivity index (χ2n) is 6.30. The number of methoxy groups -OCH3 is 2. The Labute approximate surface area is 164 Å². The lowest BCUT2D eigenvalue weighted by atomic mass is 10.2. The Balaban J connectivity index is 1.63. The fourth-order valence-electron chi connectivity index (χ4n) is 3.25. The summed E-state index contributed by atoms with van der Waals surface area (Å²) in [6, 6.07) is 23.8. The van der Waals surface area contributed by atoms with Crippen LogP contribution in [0.25, 0.3) is 22.4 Å². The van der Waals surface area contributed by atoms with Crippen LogP contribution in [0, 0.1) is 0 Å². The van der Waals surface area contributed by atoms with Crippen molar-refractivity contribution < 1.29 is 14.2 Å². The highest BCUT2D eigenvalue weighted by atomic mass is 16.5. The number of fused-ring (bicyclic) bond motifs is 1. The van der Waals surface area contributed by atoms with E-state index < -0.39 is 0 Å². The molecular weight excluding hydrogens is 352 g/mol. The van der Waals surface area contributed by atoms with Crippen molar-refractivity contribution in [1.82, 2.24) is 9.55 Å². The third-order valence-corrected chi connectivity index (χ3v) is 4.64. The van der Waals surface area contributed by atoms with E-state index in [-0.39, 0.29) is 0 Å². The zero-order valence-corrected chi connectivity index (χ0v) is 16.0. The van der Waals surface area contributed by atoms with Crippen molar-refractivity contribution >= 4 is 11.0 Å². The third kappa shape index (κ3) is 3.51.